The van der Waals surface area contributed by atoms with Gasteiger partial charge in [-0.15, -0.1) is 0 Å². The maximum atomic E-state index is 12.0. The van der Waals surface area contributed by atoms with E-state index in [2.05, 4.69) is 26.2 Å². The number of hydrogen-bond donors (Lipinski definition) is 1. The minimum absolute atomic E-state index is 0.148. The predicted octanol–water partition coefficient (Wildman–Crippen LogP) is 3.40. The molecule has 86 valence electrons. The first kappa shape index (κ1) is 11.8. The molecule has 0 unspecified atom stereocenters. The second-order valence-corrected chi connectivity index (χ2v) is 4.54. The highest BCUT2D eigenvalue weighted by Crippen LogP contribution is 2.17. The number of nitrogens with one attached hydrogen (secondary N) is 1. The normalized spacial score (nSPS) is 10.0. The molecule has 2 aromatic rings. The molecule has 1 amide bonds. The topological polar surface area (TPSA) is 42.0 Å². The van der Waals surface area contributed by atoms with Crippen molar-refractivity contribution in [1.29, 1.82) is 0 Å². The highest BCUT2D eigenvalue weighted by Gasteiger charge is 2.09. The van der Waals surface area contributed by atoms with E-state index in [1.54, 1.807) is 18.5 Å². The fourth-order valence-electron chi connectivity index (χ4n) is 1.47. The van der Waals surface area contributed by atoms with E-state index >= 15 is 0 Å². The van der Waals surface area contributed by atoms with Crippen LogP contribution in [0.15, 0.2) is 47.2 Å². The van der Waals surface area contributed by atoms with Crippen LogP contribution in [-0.2, 0) is 0 Å². The molecule has 0 aliphatic heterocycles. The van der Waals surface area contributed by atoms with Crippen molar-refractivity contribution < 1.29 is 4.79 Å². The first-order chi connectivity index (χ1) is 8.16. The maximum absolute atomic E-state index is 12.0. The van der Waals surface area contributed by atoms with E-state index in [0.29, 0.717) is 11.3 Å². The van der Waals surface area contributed by atoms with Crippen LogP contribution in [0.4, 0.5) is 5.69 Å². The molecule has 0 spiro atoms. The number of halogens is 1. The fourth-order valence-corrected chi connectivity index (χ4v) is 1.93. The molecule has 17 heavy (non-hydrogen) atoms. The van der Waals surface area contributed by atoms with Crippen LogP contribution in [-0.4, -0.2) is 10.9 Å². The number of pyridine rings is 1. The van der Waals surface area contributed by atoms with Gasteiger partial charge in [0.2, 0.25) is 0 Å². The number of nitrogens with zero attached hydrogens (tertiary/aromatic N) is 1. The molecule has 0 radical (unpaired) electrons. The Bertz CT molecular complexity index is 555. The number of benzene rings is 1. The fraction of sp³-hybridized carbons (Fsp3) is 0.0769. The average Bonchev–Trinajstić information content (AvgIpc) is 2.29. The van der Waals surface area contributed by atoms with E-state index in [4.69, 9.17) is 0 Å². The molecule has 0 aliphatic carbocycles. The molecule has 1 aromatic carbocycles. The largest absolute Gasteiger partial charge is 0.321 e. The second-order valence-electron chi connectivity index (χ2n) is 3.68. The molecule has 0 saturated heterocycles. The van der Waals surface area contributed by atoms with Gasteiger partial charge >= 0.3 is 0 Å². The van der Waals surface area contributed by atoms with Gasteiger partial charge in [-0.2, -0.15) is 0 Å². The molecule has 0 bridgehead atoms. The van der Waals surface area contributed by atoms with Crippen LogP contribution in [0.5, 0.6) is 0 Å². The Morgan fingerprint density at radius 3 is 2.76 bits per heavy atom. The van der Waals surface area contributed by atoms with Gasteiger partial charge in [-0.3, -0.25) is 9.78 Å². The summed E-state index contributed by atoms with van der Waals surface area (Å²) in [5, 5.41) is 2.81. The van der Waals surface area contributed by atoms with Crippen LogP contribution in [0, 0.1) is 6.92 Å². The van der Waals surface area contributed by atoms with E-state index in [1.165, 1.54) is 0 Å². The lowest BCUT2D eigenvalue weighted by atomic mass is 10.2. The van der Waals surface area contributed by atoms with Crippen molar-refractivity contribution in [2.75, 3.05) is 5.32 Å². The highest BCUT2D eigenvalue weighted by atomic mass is 79.9. The van der Waals surface area contributed by atoms with Gasteiger partial charge in [-0.25, -0.2) is 0 Å². The number of aromatic nitrogens is 1. The standard InChI is InChI=1S/C13H11BrN2O/c1-9-6-10(8-15-7-9)16-13(17)11-4-2-3-5-12(11)14/h2-8H,1H3,(H,16,17). The number of carbonyl (C=O) groups excluding carboxylic acids is 1. The Morgan fingerprint density at radius 1 is 1.29 bits per heavy atom. The number of rotatable bonds is 2. The molecule has 0 atom stereocenters. The Labute approximate surface area is 108 Å². The summed E-state index contributed by atoms with van der Waals surface area (Å²) < 4.78 is 0.776. The summed E-state index contributed by atoms with van der Waals surface area (Å²) in [7, 11) is 0. The van der Waals surface area contributed by atoms with Crippen molar-refractivity contribution >= 4 is 27.5 Å². The predicted molar refractivity (Wildman–Crippen MR) is 71.1 cm³/mol. The lowest BCUT2D eigenvalue weighted by Gasteiger charge is -2.06. The molecule has 3 nitrogen and oxygen atoms in total. The molecule has 1 N–H and O–H groups in total. The van der Waals surface area contributed by atoms with Crippen molar-refractivity contribution in [3.63, 3.8) is 0 Å². The lowest BCUT2D eigenvalue weighted by Crippen LogP contribution is -2.12. The molecule has 2 rings (SSSR count). The van der Waals surface area contributed by atoms with Gasteiger partial charge in [0.25, 0.3) is 5.91 Å². The third-order valence-corrected chi connectivity index (χ3v) is 2.94. The van der Waals surface area contributed by atoms with Crippen molar-refractivity contribution in [1.82, 2.24) is 4.98 Å². The van der Waals surface area contributed by atoms with Crippen LogP contribution >= 0.6 is 15.9 Å². The zero-order valence-electron chi connectivity index (χ0n) is 9.27. The summed E-state index contributed by atoms with van der Waals surface area (Å²) in [6.07, 6.45) is 3.37. The Balaban J connectivity index is 2.20. The summed E-state index contributed by atoms with van der Waals surface area (Å²) in [4.78, 5) is 16.0. The van der Waals surface area contributed by atoms with Crippen LogP contribution < -0.4 is 5.32 Å². The van der Waals surface area contributed by atoms with E-state index in [0.717, 1.165) is 10.0 Å². The summed E-state index contributed by atoms with van der Waals surface area (Å²) in [5.74, 6) is -0.148. The van der Waals surface area contributed by atoms with Crippen LogP contribution in [0.1, 0.15) is 15.9 Å². The Hall–Kier alpha value is -1.68. The summed E-state index contributed by atoms with van der Waals surface area (Å²) in [6.45, 7) is 1.93. The van der Waals surface area contributed by atoms with E-state index < -0.39 is 0 Å². The van der Waals surface area contributed by atoms with Gasteiger partial charge in [0, 0.05) is 10.7 Å². The van der Waals surface area contributed by atoms with Crippen molar-refractivity contribution in [2.45, 2.75) is 6.92 Å². The van der Waals surface area contributed by atoms with Gasteiger partial charge < -0.3 is 5.32 Å². The first-order valence-corrected chi connectivity index (χ1v) is 5.93. The van der Waals surface area contributed by atoms with Gasteiger partial charge in [-0.1, -0.05) is 12.1 Å². The van der Waals surface area contributed by atoms with Crippen LogP contribution in [0.2, 0.25) is 0 Å². The van der Waals surface area contributed by atoms with E-state index in [1.807, 2.05) is 31.2 Å². The molecule has 0 aliphatic rings. The second kappa shape index (κ2) is 5.10. The zero-order valence-corrected chi connectivity index (χ0v) is 10.9. The number of anilines is 1. The van der Waals surface area contributed by atoms with Crippen molar-refractivity contribution in [3.05, 3.63) is 58.3 Å². The van der Waals surface area contributed by atoms with Gasteiger partial charge in [-0.05, 0) is 46.6 Å². The quantitative estimate of drug-likeness (QED) is 0.921. The number of hydrogen-bond acceptors (Lipinski definition) is 2. The summed E-state index contributed by atoms with van der Waals surface area (Å²) >= 11 is 3.35. The van der Waals surface area contributed by atoms with Gasteiger partial charge in [0.1, 0.15) is 0 Å². The summed E-state index contributed by atoms with van der Waals surface area (Å²) in [5.41, 5.74) is 2.31. The Kier molecular flexibility index (Phi) is 3.54. The number of amides is 1. The zero-order chi connectivity index (χ0) is 12.3. The molecular weight excluding hydrogens is 280 g/mol. The van der Waals surface area contributed by atoms with Gasteiger partial charge in [0.05, 0.1) is 17.4 Å². The summed E-state index contributed by atoms with van der Waals surface area (Å²) in [6, 6.07) is 9.18. The third kappa shape index (κ3) is 2.91. The monoisotopic (exact) mass is 290 g/mol. The van der Waals surface area contributed by atoms with Crippen LogP contribution in [0.25, 0.3) is 0 Å². The lowest BCUT2D eigenvalue weighted by molar-refractivity contribution is 0.102. The molecule has 0 saturated carbocycles. The Morgan fingerprint density at radius 2 is 2.06 bits per heavy atom. The van der Waals surface area contributed by atoms with Crippen molar-refractivity contribution in [3.8, 4) is 0 Å². The number of aryl methyl sites for hydroxylation is 1. The molecule has 1 heterocycles. The van der Waals surface area contributed by atoms with Crippen LogP contribution in [0.3, 0.4) is 0 Å². The van der Waals surface area contributed by atoms with E-state index in [-0.39, 0.29) is 5.91 Å². The van der Waals surface area contributed by atoms with E-state index in [9.17, 15) is 4.79 Å². The molecule has 0 fully saturated rings. The third-order valence-electron chi connectivity index (χ3n) is 2.25. The first-order valence-electron chi connectivity index (χ1n) is 5.14. The minimum atomic E-state index is -0.148. The average molecular weight is 291 g/mol. The van der Waals surface area contributed by atoms with Crippen molar-refractivity contribution in [2.24, 2.45) is 0 Å². The smallest absolute Gasteiger partial charge is 0.256 e. The van der Waals surface area contributed by atoms with Gasteiger partial charge in [0.15, 0.2) is 0 Å². The number of carbonyl (C=O) groups is 1. The molecule has 4 heteroatoms. The molecular formula is C13H11BrN2O. The maximum Gasteiger partial charge on any atom is 0.256 e. The SMILES string of the molecule is Cc1cncc(NC(=O)c2ccccc2Br)c1. The molecule has 1 aromatic heterocycles. The highest BCUT2D eigenvalue weighted by molar-refractivity contribution is 9.10. The minimum Gasteiger partial charge on any atom is -0.321 e.